The van der Waals surface area contributed by atoms with E-state index in [1.54, 1.807) is 0 Å². The van der Waals surface area contributed by atoms with Gasteiger partial charge < -0.3 is 5.11 Å². The molecule has 0 aromatic carbocycles. The van der Waals surface area contributed by atoms with Crippen molar-refractivity contribution in [1.82, 2.24) is 4.90 Å². The van der Waals surface area contributed by atoms with Crippen molar-refractivity contribution in [2.75, 3.05) is 18.8 Å². The van der Waals surface area contributed by atoms with Gasteiger partial charge in [-0.2, -0.15) is 11.8 Å². The number of carbonyl (C=O) groups is 1. The van der Waals surface area contributed by atoms with Crippen LogP contribution in [0.1, 0.15) is 26.7 Å². The molecule has 0 saturated carbocycles. The summed E-state index contributed by atoms with van der Waals surface area (Å²) in [6, 6.07) is -0.273. The van der Waals surface area contributed by atoms with E-state index < -0.39 is 5.97 Å². The predicted octanol–water partition coefficient (Wildman–Crippen LogP) is 1.68. The molecule has 0 amide bonds. The van der Waals surface area contributed by atoms with Gasteiger partial charge in [0.1, 0.15) is 6.04 Å². The second kappa shape index (κ2) is 5.61. The summed E-state index contributed by atoms with van der Waals surface area (Å²) in [6.07, 6.45) is 1.84. The van der Waals surface area contributed by atoms with Crippen LogP contribution in [-0.2, 0) is 4.79 Å². The third-order valence-electron chi connectivity index (χ3n) is 2.74. The molecule has 0 aromatic heterocycles. The zero-order valence-electron chi connectivity index (χ0n) is 8.90. The monoisotopic (exact) mass is 217 g/mol. The van der Waals surface area contributed by atoms with Gasteiger partial charge in [0.15, 0.2) is 0 Å². The molecular weight excluding hydrogens is 198 g/mol. The maximum atomic E-state index is 11.0. The molecule has 1 aliphatic heterocycles. The molecule has 0 radical (unpaired) electrons. The van der Waals surface area contributed by atoms with Gasteiger partial charge in [-0.05, 0) is 12.8 Å². The second-order valence-corrected chi connectivity index (χ2v) is 5.07. The summed E-state index contributed by atoms with van der Waals surface area (Å²) >= 11 is 1.97. The van der Waals surface area contributed by atoms with Crippen LogP contribution in [0.2, 0.25) is 0 Å². The van der Waals surface area contributed by atoms with Gasteiger partial charge in [0.2, 0.25) is 0 Å². The number of hydrogen-bond donors (Lipinski definition) is 1. The fourth-order valence-corrected chi connectivity index (χ4v) is 3.07. The van der Waals surface area contributed by atoms with Gasteiger partial charge in [-0.1, -0.05) is 13.8 Å². The standard InChI is InChI=1S/C10H19NO2S/c1-3-8-7-11(5-6-14-8)9(4-2)10(12)13/h8-9H,3-7H2,1-2H3,(H,12,13)/t8-,9-/m1/s1. The maximum Gasteiger partial charge on any atom is 0.320 e. The lowest BCUT2D eigenvalue weighted by Crippen LogP contribution is -2.47. The topological polar surface area (TPSA) is 40.5 Å². The van der Waals surface area contributed by atoms with Crippen molar-refractivity contribution in [3.8, 4) is 0 Å². The molecule has 0 bridgehead atoms. The molecule has 1 aliphatic rings. The summed E-state index contributed by atoms with van der Waals surface area (Å²) in [7, 11) is 0. The number of nitrogens with zero attached hydrogens (tertiary/aromatic N) is 1. The molecular formula is C10H19NO2S. The van der Waals surface area contributed by atoms with Crippen molar-refractivity contribution in [2.24, 2.45) is 0 Å². The molecule has 0 spiro atoms. The van der Waals surface area contributed by atoms with Crippen molar-refractivity contribution < 1.29 is 9.90 Å². The zero-order valence-corrected chi connectivity index (χ0v) is 9.72. The third-order valence-corrected chi connectivity index (χ3v) is 4.11. The van der Waals surface area contributed by atoms with Gasteiger partial charge in [-0.25, -0.2) is 0 Å². The normalized spacial score (nSPS) is 26.0. The molecule has 1 heterocycles. The lowest BCUT2D eigenvalue weighted by molar-refractivity contribution is -0.143. The maximum absolute atomic E-state index is 11.0. The van der Waals surface area contributed by atoms with Gasteiger partial charge >= 0.3 is 5.97 Å². The number of rotatable bonds is 4. The third kappa shape index (κ3) is 2.89. The molecule has 1 saturated heterocycles. The lowest BCUT2D eigenvalue weighted by atomic mass is 10.1. The Labute approximate surface area is 89.9 Å². The Kier molecular flexibility index (Phi) is 4.75. The fraction of sp³-hybridized carbons (Fsp3) is 0.900. The summed E-state index contributed by atoms with van der Waals surface area (Å²) in [5.74, 6) is 0.400. The molecule has 0 aromatic rings. The summed E-state index contributed by atoms with van der Waals surface area (Å²) in [5, 5.41) is 9.66. The Hall–Kier alpha value is -0.220. The Morgan fingerprint density at radius 1 is 1.64 bits per heavy atom. The van der Waals surface area contributed by atoms with E-state index in [9.17, 15) is 4.79 Å². The molecule has 1 rings (SSSR count). The molecule has 2 atom stereocenters. The van der Waals surface area contributed by atoms with Crippen molar-refractivity contribution in [3.63, 3.8) is 0 Å². The van der Waals surface area contributed by atoms with Crippen LogP contribution in [0, 0.1) is 0 Å². The van der Waals surface area contributed by atoms with Crippen LogP contribution in [0.3, 0.4) is 0 Å². The molecule has 82 valence electrons. The van der Waals surface area contributed by atoms with E-state index in [1.807, 2.05) is 18.7 Å². The van der Waals surface area contributed by atoms with E-state index in [-0.39, 0.29) is 6.04 Å². The van der Waals surface area contributed by atoms with Gasteiger partial charge in [-0.3, -0.25) is 9.69 Å². The predicted molar refractivity (Wildman–Crippen MR) is 59.8 cm³/mol. The minimum absolute atomic E-state index is 0.273. The van der Waals surface area contributed by atoms with Gasteiger partial charge in [0.05, 0.1) is 0 Å². The van der Waals surface area contributed by atoms with Crippen LogP contribution >= 0.6 is 11.8 Å². The zero-order chi connectivity index (χ0) is 10.6. The summed E-state index contributed by atoms with van der Waals surface area (Å²) < 4.78 is 0. The average molecular weight is 217 g/mol. The van der Waals surface area contributed by atoms with Gasteiger partial charge in [-0.15, -0.1) is 0 Å². The summed E-state index contributed by atoms with van der Waals surface area (Å²) in [4.78, 5) is 13.1. The summed E-state index contributed by atoms with van der Waals surface area (Å²) in [6.45, 7) is 5.97. The van der Waals surface area contributed by atoms with Gasteiger partial charge in [0.25, 0.3) is 0 Å². The number of carboxylic acids is 1. The van der Waals surface area contributed by atoms with Crippen LogP contribution in [-0.4, -0.2) is 46.1 Å². The van der Waals surface area contributed by atoms with Crippen molar-refractivity contribution >= 4 is 17.7 Å². The Balaban J connectivity index is 2.53. The molecule has 0 unspecified atom stereocenters. The number of carboxylic acid groups (broad SMARTS) is 1. The lowest BCUT2D eigenvalue weighted by Gasteiger charge is -2.35. The molecule has 1 N–H and O–H groups in total. The Bertz CT molecular complexity index is 199. The highest BCUT2D eigenvalue weighted by Gasteiger charge is 2.28. The molecule has 4 heteroatoms. The quantitative estimate of drug-likeness (QED) is 0.778. The van der Waals surface area contributed by atoms with Gasteiger partial charge in [0, 0.05) is 24.1 Å². The highest BCUT2D eigenvalue weighted by molar-refractivity contribution is 8.00. The van der Waals surface area contributed by atoms with Crippen LogP contribution in [0.4, 0.5) is 0 Å². The summed E-state index contributed by atoms with van der Waals surface area (Å²) in [5.41, 5.74) is 0. The first-order valence-corrected chi connectivity index (χ1v) is 6.32. The minimum atomic E-state index is -0.672. The van der Waals surface area contributed by atoms with Crippen LogP contribution < -0.4 is 0 Å². The van der Waals surface area contributed by atoms with E-state index in [4.69, 9.17) is 5.11 Å². The van der Waals surface area contributed by atoms with E-state index in [1.165, 1.54) is 0 Å². The molecule has 14 heavy (non-hydrogen) atoms. The SMILES string of the molecule is CC[C@@H]1CN([C@H](CC)C(=O)O)CCS1. The average Bonchev–Trinajstić information content (AvgIpc) is 2.19. The number of aliphatic carboxylic acids is 1. The Morgan fingerprint density at radius 3 is 2.86 bits per heavy atom. The van der Waals surface area contributed by atoms with E-state index in [0.717, 1.165) is 25.3 Å². The minimum Gasteiger partial charge on any atom is -0.480 e. The van der Waals surface area contributed by atoms with Crippen molar-refractivity contribution in [2.45, 2.75) is 38.0 Å². The first-order valence-electron chi connectivity index (χ1n) is 5.27. The molecule has 1 fully saturated rings. The molecule has 0 aliphatic carbocycles. The van der Waals surface area contributed by atoms with Crippen LogP contribution in [0.5, 0.6) is 0 Å². The van der Waals surface area contributed by atoms with Crippen LogP contribution in [0.15, 0.2) is 0 Å². The first kappa shape index (κ1) is 11.9. The number of thioether (sulfide) groups is 1. The fourth-order valence-electron chi connectivity index (χ4n) is 1.86. The second-order valence-electron chi connectivity index (χ2n) is 3.66. The first-order chi connectivity index (χ1) is 6.69. The Morgan fingerprint density at radius 2 is 2.36 bits per heavy atom. The number of hydrogen-bond acceptors (Lipinski definition) is 3. The highest BCUT2D eigenvalue weighted by Crippen LogP contribution is 2.23. The van der Waals surface area contributed by atoms with E-state index in [2.05, 4.69) is 11.8 Å². The van der Waals surface area contributed by atoms with Crippen molar-refractivity contribution in [1.29, 1.82) is 0 Å². The smallest absolute Gasteiger partial charge is 0.320 e. The van der Waals surface area contributed by atoms with E-state index >= 15 is 0 Å². The van der Waals surface area contributed by atoms with Crippen LogP contribution in [0.25, 0.3) is 0 Å². The largest absolute Gasteiger partial charge is 0.480 e. The van der Waals surface area contributed by atoms with E-state index in [0.29, 0.717) is 11.7 Å². The van der Waals surface area contributed by atoms with Crippen molar-refractivity contribution in [3.05, 3.63) is 0 Å². The molecule has 3 nitrogen and oxygen atoms in total. The highest BCUT2D eigenvalue weighted by atomic mass is 32.2.